The summed E-state index contributed by atoms with van der Waals surface area (Å²) in [4.78, 5) is 8.96. The van der Waals surface area contributed by atoms with Gasteiger partial charge in [0, 0.05) is 17.8 Å². The zero-order valence-corrected chi connectivity index (χ0v) is 15.5. The number of benzene rings is 1. The summed E-state index contributed by atoms with van der Waals surface area (Å²) in [6, 6.07) is 10.2. The Hall–Kier alpha value is -2.47. The van der Waals surface area contributed by atoms with E-state index >= 15 is 0 Å². The molecule has 0 saturated carbocycles. The van der Waals surface area contributed by atoms with Crippen molar-refractivity contribution in [3.8, 4) is 11.4 Å². The van der Waals surface area contributed by atoms with Crippen LogP contribution in [0.1, 0.15) is 24.0 Å². The summed E-state index contributed by atoms with van der Waals surface area (Å²) in [6.07, 6.45) is 2.74. The van der Waals surface area contributed by atoms with E-state index in [4.69, 9.17) is 0 Å². The zero-order valence-electron chi connectivity index (χ0n) is 14.7. The first-order chi connectivity index (χ1) is 12.1. The summed E-state index contributed by atoms with van der Waals surface area (Å²) in [5.41, 5.74) is 3.28. The van der Waals surface area contributed by atoms with Crippen molar-refractivity contribution >= 4 is 11.8 Å². The lowest BCUT2D eigenvalue weighted by Crippen LogP contribution is -2.02. The maximum Gasteiger partial charge on any atom is 0.198 e. The molecule has 25 heavy (non-hydrogen) atoms. The molecule has 5 nitrogen and oxygen atoms in total. The van der Waals surface area contributed by atoms with E-state index < -0.39 is 0 Å². The van der Waals surface area contributed by atoms with Gasteiger partial charge in [0.1, 0.15) is 10.9 Å². The van der Waals surface area contributed by atoms with E-state index in [0.29, 0.717) is 6.54 Å². The average Bonchev–Trinajstić information content (AvgIpc) is 2.97. The molecule has 0 atom stereocenters. The van der Waals surface area contributed by atoms with Crippen LogP contribution in [-0.4, -0.2) is 24.7 Å². The predicted molar refractivity (Wildman–Crippen MR) is 101 cm³/mol. The molecule has 3 aromatic rings. The number of rotatable bonds is 6. The Morgan fingerprint density at radius 2 is 1.96 bits per heavy atom. The maximum absolute atomic E-state index is 4.52. The van der Waals surface area contributed by atoms with Crippen molar-refractivity contribution in [1.82, 2.24) is 24.7 Å². The fourth-order valence-electron chi connectivity index (χ4n) is 2.61. The Balaban J connectivity index is 2.02. The summed E-state index contributed by atoms with van der Waals surface area (Å²) in [7, 11) is 0. The standard InChI is InChI=1S/C19H21N5S/c1-5-11-24-18(16-10-8-7-9-13(16)3)22-23-19(24)25-17-12-15(6-2)20-14(4)21-17/h5,7-10,12H,1,6,11H2,2-4H3. The van der Waals surface area contributed by atoms with Crippen LogP contribution in [0.5, 0.6) is 0 Å². The molecule has 0 radical (unpaired) electrons. The number of aromatic nitrogens is 5. The van der Waals surface area contributed by atoms with Crippen LogP contribution in [-0.2, 0) is 13.0 Å². The van der Waals surface area contributed by atoms with Crippen LogP contribution in [0, 0.1) is 13.8 Å². The number of nitrogens with zero attached hydrogens (tertiary/aromatic N) is 5. The first-order valence-electron chi connectivity index (χ1n) is 8.25. The van der Waals surface area contributed by atoms with Gasteiger partial charge in [-0.1, -0.05) is 37.3 Å². The van der Waals surface area contributed by atoms with Crippen molar-refractivity contribution in [2.75, 3.05) is 0 Å². The Labute approximate surface area is 152 Å². The molecule has 128 valence electrons. The Kier molecular flexibility index (Phi) is 5.28. The van der Waals surface area contributed by atoms with Crippen LogP contribution < -0.4 is 0 Å². The van der Waals surface area contributed by atoms with Crippen molar-refractivity contribution in [3.63, 3.8) is 0 Å². The van der Waals surface area contributed by atoms with E-state index in [1.54, 1.807) is 0 Å². The Bertz CT molecular complexity index is 901. The van der Waals surface area contributed by atoms with Crippen LogP contribution in [0.15, 0.2) is 53.2 Å². The monoisotopic (exact) mass is 351 g/mol. The molecule has 0 saturated heterocycles. The van der Waals surface area contributed by atoms with Crippen molar-refractivity contribution in [2.45, 2.75) is 43.9 Å². The molecule has 0 N–H and O–H groups in total. The Morgan fingerprint density at radius 1 is 1.16 bits per heavy atom. The molecule has 2 heterocycles. The number of allylic oxidation sites excluding steroid dienone is 1. The van der Waals surface area contributed by atoms with Crippen LogP contribution in [0.25, 0.3) is 11.4 Å². The quantitative estimate of drug-likeness (QED) is 0.491. The van der Waals surface area contributed by atoms with Gasteiger partial charge in [0.2, 0.25) is 0 Å². The van der Waals surface area contributed by atoms with Gasteiger partial charge in [-0.25, -0.2) is 9.97 Å². The maximum atomic E-state index is 4.52. The molecule has 1 aromatic carbocycles. The highest BCUT2D eigenvalue weighted by Gasteiger charge is 2.16. The molecule has 0 amide bonds. The second-order valence-corrected chi connectivity index (χ2v) is 6.71. The van der Waals surface area contributed by atoms with E-state index in [-0.39, 0.29) is 0 Å². The first kappa shape index (κ1) is 17.4. The van der Waals surface area contributed by atoms with E-state index in [9.17, 15) is 0 Å². The van der Waals surface area contributed by atoms with Crippen molar-refractivity contribution < 1.29 is 0 Å². The SMILES string of the molecule is C=CCn1c(Sc2cc(CC)nc(C)n2)nnc1-c1ccccc1C. The number of hydrogen-bond acceptors (Lipinski definition) is 5. The summed E-state index contributed by atoms with van der Waals surface area (Å²) in [6.45, 7) is 10.6. The van der Waals surface area contributed by atoms with Crippen LogP contribution in [0.2, 0.25) is 0 Å². The van der Waals surface area contributed by atoms with Gasteiger partial charge in [0.25, 0.3) is 0 Å². The molecule has 0 spiro atoms. The highest BCUT2D eigenvalue weighted by Crippen LogP contribution is 2.30. The summed E-state index contributed by atoms with van der Waals surface area (Å²) >= 11 is 1.51. The molecule has 0 bridgehead atoms. The fraction of sp³-hybridized carbons (Fsp3) is 0.263. The zero-order chi connectivity index (χ0) is 17.8. The second kappa shape index (κ2) is 7.61. The molecule has 0 aliphatic rings. The molecule has 6 heteroatoms. The van der Waals surface area contributed by atoms with Gasteiger partial charge in [-0.3, -0.25) is 4.57 Å². The van der Waals surface area contributed by atoms with Crippen LogP contribution in [0.3, 0.4) is 0 Å². The number of hydrogen-bond donors (Lipinski definition) is 0. The molecule has 3 rings (SSSR count). The predicted octanol–water partition coefficient (Wildman–Crippen LogP) is 4.25. The molecule has 0 fully saturated rings. The van der Waals surface area contributed by atoms with E-state index in [1.807, 2.05) is 31.2 Å². The fourth-order valence-corrected chi connectivity index (χ4v) is 3.52. The largest absolute Gasteiger partial charge is 0.298 e. The lowest BCUT2D eigenvalue weighted by atomic mass is 10.1. The lowest BCUT2D eigenvalue weighted by Gasteiger charge is -2.09. The number of aryl methyl sites for hydroxylation is 3. The minimum atomic E-state index is 0.643. The molecule has 2 aromatic heterocycles. The average molecular weight is 351 g/mol. The van der Waals surface area contributed by atoms with Crippen LogP contribution >= 0.6 is 11.8 Å². The first-order valence-corrected chi connectivity index (χ1v) is 9.06. The molecule has 0 aliphatic carbocycles. The second-order valence-electron chi connectivity index (χ2n) is 5.72. The summed E-state index contributed by atoms with van der Waals surface area (Å²) in [5.74, 6) is 1.62. The van der Waals surface area contributed by atoms with E-state index in [0.717, 1.165) is 39.5 Å². The minimum absolute atomic E-state index is 0.643. The van der Waals surface area contributed by atoms with Crippen molar-refractivity contribution in [2.24, 2.45) is 0 Å². The van der Waals surface area contributed by atoms with E-state index in [1.165, 1.54) is 17.3 Å². The van der Waals surface area contributed by atoms with Gasteiger partial charge >= 0.3 is 0 Å². The molecular weight excluding hydrogens is 330 g/mol. The van der Waals surface area contributed by atoms with Gasteiger partial charge in [-0.05, 0) is 43.7 Å². The third-order valence-electron chi connectivity index (χ3n) is 3.84. The summed E-state index contributed by atoms with van der Waals surface area (Å²) < 4.78 is 2.07. The van der Waals surface area contributed by atoms with Gasteiger partial charge in [-0.2, -0.15) is 0 Å². The van der Waals surface area contributed by atoms with Crippen LogP contribution in [0.4, 0.5) is 0 Å². The highest BCUT2D eigenvalue weighted by molar-refractivity contribution is 7.99. The molecule has 0 aliphatic heterocycles. The van der Waals surface area contributed by atoms with Gasteiger partial charge < -0.3 is 0 Å². The highest BCUT2D eigenvalue weighted by atomic mass is 32.2. The lowest BCUT2D eigenvalue weighted by molar-refractivity contribution is 0.729. The third kappa shape index (κ3) is 3.79. The van der Waals surface area contributed by atoms with Gasteiger partial charge in [0.05, 0.1) is 0 Å². The van der Waals surface area contributed by atoms with Crippen molar-refractivity contribution in [1.29, 1.82) is 0 Å². The minimum Gasteiger partial charge on any atom is -0.298 e. The van der Waals surface area contributed by atoms with E-state index in [2.05, 4.69) is 57.3 Å². The molecular formula is C19H21N5S. The topological polar surface area (TPSA) is 56.5 Å². The smallest absolute Gasteiger partial charge is 0.198 e. The van der Waals surface area contributed by atoms with Crippen molar-refractivity contribution in [3.05, 3.63) is 60.1 Å². The van der Waals surface area contributed by atoms with Gasteiger partial charge in [0.15, 0.2) is 11.0 Å². The normalized spacial score (nSPS) is 10.8. The van der Waals surface area contributed by atoms with Gasteiger partial charge in [-0.15, -0.1) is 16.8 Å². The third-order valence-corrected chi connectivity index (χ3v) is 4.74. The molecule has 0 unspecified atom stereocenters. The summed E-state index contributed by atoms with van der Waals surface area (Å²) in [5, 5.41) is 10.5. The Morgan fingerprint density at radius 3 is 2.68 bits per heavy atom.